The molecule has 0 amide bonds. The van der Waals surface area contributed by atoms with E-state index in [9.17, 15) is 5.11 Å². The number of nitrogens with two attached hydrogens (primary N) is 1. The second-order valence-corrected chi connectivity index (χ2v) is 5.03. The van der Waals surface area contributed by atoms with Crippen LogP contribution in [0.1, 0.15) is 32.1 Å². The van der Waals surface area contributed by atoms with E-state index in [-0.39, 0.29) is 0 Å². The van der Waals surface area contributed by atoms with Gasteiger partial charge < -0.3 is 9.84 Å². The standard InChI is InChI=1S/C14H22N2O2/c15-14-8-4-5-9-16(14)10-12(17)11-18-13-6-2-1-3-7-13/h4-5,8-9,12-13,15,17H,1-3,6-7,10-11H2/p+1/t12-/m1/s1. The summed E-state index contributed by atoms with van der Waals surface area (Å²) in [5, 5.41) is 9.96. The Morgan fingerprint density at radius 2 is 2.11 bits per heavy atom. The van der Waals surface area contributed by atoms with E-state index >= 15 is 0 Å². The molecular weight excluding hydrogens is 228 g/mol. The van der Waals surface area contributed by atoms with Crippen molar-refractivity contribution in [2.24, 2.45) is 0 Å². The van der Waals surface area contributed by atoms with Gasteiger partial charge in [0, 0.05) is 6.07 Å². The molecule has 3 N–H and O–H groups in total. The number of anilines is 1. The van der Waals surface area contributed by atoms with Crippen LogP contribution in [0.5, 0.6) is 0 Å². The van der Waals surface area contributed by atoms with E-state index < -0.39 is 6.10 Å². The summed E-state index contributed by atoms with van der Waals surface area (Å²) in [6.07, 6.45) is 7.80. The fraction of sp³-hybridized carbons (Fsp3) is 0.643. The summed E-state index contributed by atoms with van der Waals surface area (Å²) in [5.74, 6) is 0.661. The van der Waals surface area contributed by atoms with Crippen molar-refractivity contribution in [3.8, 4) is 0 Å². The number of aromatic nitrogens is 1. The fourth-order valence-electron chi connectivity index (χ4n) is 2.41. The number of hydrogen-bond acceptors (Lipinski definition) is 3. The molecule has 0 spiro atoms. The number of hydrogen-bond donors (Lipinski definition) is 2. The van der Waals surface area contributed by atoms with Gasteiger partial charge in [0.25, 0.3) is 5.82 Å². The fourth-order valence-corrected chi connectivity index (χ4v) is 2.41. The van der Waals surface area contributed by atoms with Crippen molar-refractivity contribution in [1.29, 1.82) is 0 Å². The highest BCUT2D eigenvalue weighted by Gasteiger charge is 2.17. The zero-order valence-corrected chi connectivity index (χ0v) is 10.8. The van der Waals surface area contributed by atoms with Crippen molar-refractivity contribution in [3.63, 3.8) is 0 Å². The highest BCUT2D eigenvalue weighted by Crippen LogP contribution is 2.20. The van der Waals surface area contributed by atoms with Crippen LogP contribution in [0.2, 0.25) is 0 Å². The minimum atomic E-state index is -0.498. The van der Waals surface area contributed by atoms with E-state index in [2.05, 4.69) is 0 Å². The van der Waals surface area contributed by atoms with Crippen LogP contribution in [-0.2, 0) is 11.3 Å². The summed E-state index contributed by atoms with van der Waals surface area (Å²) in [5.41, 5.74) is 5.82. The SMILES string of the molecule is Nc1cccc[n+]1C[C@@H](O)COC1CCCCC1. The van der Waals surface area contributed by atoms with Crippen LogP contribution in [0.3, 0.4) is 0 Å². The first-order valence-electron chi connectivity index (χ1n) is 6.79. The highest BCUT2D eigenvalue weighted by atomic mass is 16.5. The van der Waals surface area contributed by atoms with E-state index in [1.165, 1.54) is 19.3 Å². The van der Waals surface area contributed by atoms with Crippen molar-refractivity contribution >= 4 is 5.82 Å². The van der Waals surface area contributed by atoms with Crippen molar-refractivity contribution in [1.82, 2.24) is 0 Å². The van der Waals surface area contributed by atoms with E-state index in [1.807, 2.05) is 29.0 Å². The third-order valence-electron chi connectivity index (χ3n) is 3.46. The Hall–Kier alpha value is -1.13. The molecule has 18 heavy (non-hydrogen) atoms. The van der Waals surface area contributed by atoms with Crippen LogP contribution in [-0.4, -0.2) is 23.9 Å². The Morgan fingerprint density at radius 3 is 2.83 bits per heavy atom. The molecule has 0 radical (unpaired) electrons. The lowest BCUT2D eigenvalue weighted by Gasteiger charge is -2.23. The summed E-state index contributed by atoms with van der Waals surface area (Å²) < 4.78 is 7.59. The Labute approximate surface area is 108 Å². The van der Waals surface area contributed by atoms with E-state index in [1.54, 1.807) is 0 Å². The van der Waals surface area contributed by atoms with Crippen molar-refractivity contribution in [3.05, 3.63) is 24.4 Å². The number of rotatable bonds is 5. The maximum absolute atomic E-state index is 9.96. The topological polar surface area (TPSA) is 59.4 Å². The number of aliphatic hydroxyl groups is 1. The number of aliphatic hydroxyl groups excluding tert-OH is 1. The molecule has 2 rings (SSSR count). The minimum Gasteiger partial charge on any atom is -0.387 e. The predicted molar refractivity (Wildman–Crippen MR) is 69.9 cm³/mol. The number of nitrogens with zero attached hydrogens (tertiary/aromatic N) is 1. The number of pyridine rings is 1. The molecule has 100 valence electrons. The van der Waals surface area contributed by atoms with Gasteiger partial charge in [-0.1, -0.05) is 25.3 Å². The number of nitrogen functional groups attached to an aromatic ring is 1. The van der Waals surface area contributed by atoms with Gasteiger partial charge in [-0.15, -0.1) is 0 Å². The molecule has 1 aromatic rings. The molecule has 0 bridgehead atoms. The first-order chi connectivity index (χ1) is 8.75. The van der Waals surface area contributed by atoms with Gasteiger partial charge in [-0.25, -0.2) is 4.57 Å². The molecule has 1 aliphatic rings. The smallest absolute Gasteiger partial charge is 0.272 e. The van der Waals surface area contributed by atoms with Gasteiger partial charge in [-0.2, -0.15) is 0 Å². The van der Waals surface area contributed by atoms with Gasteiger partial charge in [0.05, 0.1) is 18.9 Å². The molecule has 0 aromatic carbocycles. The summed E-state index contributed by atoms with van der Waals surface area (Å²) >= 11 is 0. The molecule has 0 saturated heterocycles. The first-order valence-corrected chi connectivity index (χ1v) is 6.79. The molecule has 0 aliphatic heterocycles. The summed E-state index contributed by atoms with van der Waals surface area (Å²) in [4.78, 5) is 0. The van der Waals surface area contributed by atoms with E-state index in [0.717, 1.165) is 12.8 Å². The zero-order valence-electron chi connectivity index (χ0n) is 10.8. The van der Waals surface area contributed by atoms with Gasteiger partial charge in [0.1, 0.15) is 12.6 Å². The normalized spacial score (nSPS) is 18.7. The van der Waals surface area contributed by atoms with Crippen LogP contribution < -0.4 is 10.3 Å². The minimum absolute atomic E-state index is 0.339. The molecule has 4 heteroatoms. The monoisotopic (exact) mass is 251 g/mol. The largest absolute Gasteiger partial charge is 0.387 e. The average molecular weight is 251 g/mol. The second kappa shape index (κ2) is 6.71. The Bertz CT molecular complexity index is 365. The van der Waals surface area contributed by atoms with Gasteiger partial charge in [0.2, 0.25) is 0 Å². The maximum Gasteiger partial charge on any atom is 0.272 e. The van der Waals surface area contributed by atoms with Crippen molar-refractivity contribution in [2.45, 2.75) is 50.9 Å². The quantitative estimate of drug-likeness (QED) is 0.775. The lowest BCUT2D eigenvalue weighted by atomic mass is 9.98. The van der Waals surface area contributed by atoms with Crippen molar-refractivity contribution in [2.75, 3.05) is 12.3 Å². The molecule has 0 unspecified atom stereocenters. The Kier molecular flexibility index (Phi) is 4.96. The molecule has 1 aliphatic carbocycles. The van der Waals surface area contributed by atoms with E-state index in [0.29, 0.717) is 25.1 Å². The Morgan fingerprint density at radius 1 is 1.33 bits per heavy atom. The molecular formula is C14H23N2O2+. The summed E-state index contributed by atoms with van der Waals surface area (Å²) in [6.45, 7) is 0.880. The highest BCUT2D eigenvalue weighted by molar-refractivity contribution is 5.18. The summed E-state index contributed by atoms with van der Waals surface area (Å²) in [6, 6.07) is 5.62. The van der Waals surface area contributed by atoms with Crippen LogP contribution in [0.25, 0.3) is 0 Å². The average Bonchev–Trinajstić information content (AvgIpc) is 2.40. The maximum atomic E-state index is 9.96. The van der Waals surface area contributed by atoms with Gasteiger partial charge in [0.15, 0.2) is 0 Å². The second-order valence-electron chi connectivity index (χ2n) is 5.03. The third kappa shape index (κ3) is 3.96. The lowest BCUT2D eigenvalue weighted by Crippen LogP contribution is -2.43. The van der Waals surface area contributed by atoms with Gasteiger partial charge >= 0.3 is 0 Å². The molecule has 1 aromatic heterocycles. The molecule has 1 atom stereocenters. The van der Waals surface area contributed by atoms with Crippen molar-refractivity contribution < 1.29 is 14.4 Å². The first kappa shape index (κ1) is 13.3. The van der Waals surface area contributed by atoms with E-state index in [4.69, 9.17) is 10.5 Å². The Balaban J connectivity index is 1.74. The summed E-state index contributed by atoms with van der Waals surface area (Å²) in [7, 11) is 0. The lowest BCUT2D eigenvalue weighted by molar-refractivity contribution is -0.690. The molecule has 1 heterocycles. The van der Waals surface area contributed by atoms with Gasteiger partial charge in [-0.3, -0.25) is 5.73 Å². The zero-order chi connectivity index (χ0) is 12.8. The van der Waals surface area contributed by atoms with Crippen LogP contribution in [0.4, 0.5) is 5.82 Å². The predicted octanol–water partition coefficient (Wildman–Crippen LogP) is 1.27. The van der Waals surface area contributed by atoms with Crippen LogP contribution >= 0.6 is 0 Å². The molecule has 1 fully saturated rings. The third-order valence-corrected chi connectivity index (χ3v) is 3.46. The van der Waals surface area contributed by atoms with Crippen LogP contribution in [0, 0.1) is 0 Å². The van der Waals surface area contributed by atoms with Crippen LogP contribution in [0.15, 0.2) is 24.4 Å². The number of ether oxygens (including phenoxy) is 1. The molecule has 1 saturated carbocycles. The molecule has 4 nitrogen and oxygen atoms in total. The van der Waals surface area contributed by atoms with Gasteiger partial charge in [-0.05, 0) is 18.9 Å².